The van der Waals surface area contributed by atoms with Crippen molar-refractivity contribution in [2.24, 2.45) is 5.92 Å². The Morgan fingerprint density at radius 1 is 1.14 bits per heavy atom. The Bertz CT molecular complexity index is 1290. The number of ether oxygens (including phenoxy) is 1. The van der Waals surface area contributed by atoms with Crippen molar-refractivity contribution in [2.45, 2.75) is 45.7 Å². The zero-order valence-corrected chi connectivity index (χ0v) is 21.2. The molecule has 188 valence electrons. The maximum atomic E-state index is 5.54. The smallest absolute Gasteiger partial charge is 0.132 e. The lowest BCUT2D eigenvalue weighted by molar-refractivity contribution is -0.0141. The molecule has 0 saturated carbocycles. The van der Waals surface area contributed by atoms with Gasteiger partial charge in [-0.25, -0.2) is 4.98 Å². The highest BCUT2D eigenvalue weighted by Crippen LogP contribution is 2.33. The van der Waals surface area contributed by atoms with Gasteiger partial charge in [0.2, 0.25) is 0 Å². The first kappa shape index (κ1) is 23.2. The molecular weight excluding hydrogens is 450 g/mol. The molecule has 1 atom stereocenters. The molecule has 3 aromatic heterocycles. The van der Waals surface area contributed by atoms with Crippen LogP contribution in [0.1, 0.15) is 33.1 Å². The number of rotatable bonds is 8. The fraction of sp³-hybridized carbons (Fsp3) is 0.464. The molecule has 2 fully saturated rings. The van der Waals surface area contributed by atoms with Crippen LogP contribution >= 0.6 is 0 Å². The Morgan fingerprint density at radius 2 is 2.08 bits per heavy atom. The van der Waals surface area contributed by atoms with Gasteiger partial charge in [-0.3, -0.25) is 14.6 Å². The van der Waals surface area contributed by atoms with Gasteiger partial charge in [-0.2, -0.15) is 5.10 Å². The molecule has 36 heavy (non-hydrogen) atoms. The summed E-state index contributed by atoms with van der Waals surface area (Å²) in [5.41, 5.74) is 5.26. The molecule has 8 heteroatoms. The molecule has 1 unspecified atom stereocenters. The van der Waals surface area contributed by atoms with Crippen molar-refractivity contribution in [1.82, 2.24) is 29.5 Å². The molecule has 0 aliphatic carbocycles. The van der Waals surface area contributed by atoms with E-state index in [4.69, 9.17) is 9.72 Å². The van der Waals surface area contributed by atoms with Crippen LogP contribution in [0.15, 0.2) is 60.3 Å². The van der Waals surface area contributed by atoms with Crippen LogP contribution < -0.4 is 5.32 Å². The van der Waals surface area contributed by atoms with E-state index in [-0.39, 0.29) is 0 Å². The molecule has 6 rings (SSSR count). The molecule has 0 amide bonds. The summed E-state index contributed by atoms with van der Waals surface area (Å²) >= 11 is 0. The van der Waals surface area contributed by atoms with Crippen molar-refractivity contribution in [2.75, 3.05) is 38.3 Å². The summed E-state index contributed by atoms with van der Waals surface area (Å²) in [5.74, 6) is 2.50. The van der Waals surface area contributed by atoms with Crippen LogP contribution in [0.5, 0.6) is 0 Å². The van der Waals surface area contributed by atoms with Crippen molar-refractivity contribution in [3.8, 4) is 11.1 Å². The minimum Gasteiger partial charge on any atom is -0.366 e. The largest absolute Gasteiger partial charge is 0.366 e. The Morgan fingerprint density at radius 3 is 2.94 bits per heavy atom. The molecule has 0 spiro atoms. The number of nitrogens with one attached hydrogen (secondary N) is 1. The molecule has 0 aromatic carbocycles. The zero-order valence-electron chi connectivity index (χ0n) is 21.2. The molecule has 0 radical (unpaired) electrons. The minimum atomic E-state index is 0.511. The predicted molar refractivity (Wildman–Crippen MR) is 142 cm³/mol. The molecule has 3 aromatic rings. The summed E-state index contributed by atoms with van der Waals surface area (Å²) in [7, 11) is 0. The fourth-order valence-corrected chi connectivity index (χ4v) is 5.04. The van der Waals surface area contributed by atoms with Gasteiger partial charge in [-0.1, -0.05) is 19.9 Å². The van der Waals surface area contributed by atoms with Crippen molar-refractivity contribution >= 4 is 16.9 Å². The van der Waals surface area contributed by atoms with Gasteiger partial charge in [0.1, 0.15) is 11.6 Å². The fourth-order valence-electron chi connectivity index (χ4n) is 5.04. The third-order valence-corrected chi connectivity index (χ3v) is 7.28. The molecular formula is C28H35N7O. The molecule has 3 aliphatic heterocycles. The first-order chi connectivity index (χ1) is 17.6. The number of hydrogen-bond donors (Lipinski definition) is 1. The monoisotopic (exact) mass is 485 g/mol. The first-order valence-corrected chi connectivity index (χ1v) is 13.2. The number of allylic oxidation sites excluding steroid dienone is 2. The van der Waals surface area contributed by atoms with Gasteiger partial charge in [0, 0.05) is 56.3 Å². The van der Waals surface area contributed by atoms with Crippen LogP contribution in [0.4, 0.5) is 5.82 Å². The van der Waals surface area contributed by atoms with E-state index in [1.807, 2.05) is 29.2 Å². The molecule has 2 saturated heterocycles. The van der Waals surface area contributed by atoms with Gasteiger partial charge in [-0.15, -0.1) is 0 Å². The van der Waals surface area contributed by atoms with E-state index in [1.54, 1.807) is 0 Å². The Hall–Kier alpha value is -3.23. The standard InChI is InChI=1S/C28H35N7O/c1-20(2)21-5-6-24-18-35(24)28(14-21)32-27-8-7-25-26(31-27)13-22(15-29-25)23-16-30-34(17-23)11-3-9-33-10-4-12-36-19-33/h5,7-8,13-17,20,24H,3-4,6,9-12,18-19H2,1-2H3,(H,31,32). The maximum Gasteiger partial charge on any atom is 0.132 e. The van der Waals surface area contributed by atoms with Gasteiger partial charge < -0.3 is 15.0 Å². The Labute approximate surface area is 212 Å². The average Bonchev–Trinajstić information content (AvgIpc) is 3.55. The van der Waals surface area contributed by atoms with Crippen molar-refractivity contribution in [3.63, 3.8) is 0 Å². The van der Waals surface area contributed by atoms with E-state index < -0.39 is 0 Å². The van der Waals surface area contributed by atoms with Crippen LogP contribution in [-0.2, 0) is 11.3 Å². The maximum absolute atomic E-state index is 5.54. The van der Waals surface area contributed by atoms with Gasteiger partial charge >= 0.3 is 0 Å². The topological polar surface area (TPSA) is 71.1 Å². The first-order valence-electron chi connectivity index (χ1n) is 13.2. The van der Waals surface area contributed by atoms with Crippen LogP contribution in [-0.4, -0.2) is 68.6 Å². The van der Waals surface area contributed by atoms with Crippen LogP contribution in [0, 0.1) is 5.92 Å². The lowest BCUT2D eigenvalue weighted by Gasteiger charge is -2.26. The normalized spacial score (nSPS) is 20.2. The van der Waals surface area contributed by atoms with E-state index >= 15 is 0 Å². The third kappa shape index (κ3) is 5.15. The SMILES string of the molecule is CC(C)C1=CCC2CN2C(Nc2ccc3ncc(-c4cnn(CCCN5CCCOC5)c4)cc3n2)=C1. The highest BCUT2D eigenvalue weighted by molar-refractivity contribution is 5.81. The van der Waals surface area contributed by atoms with E-state index in [9.17, 15) is 0 Å². The Balaban J connectivity index is 1.15. The third-order valence-electron chi connectivity index (χ3n) is 7.28. The second-order valence-electron chi connectivity index (χ2n) is 10.4. The number of anilines is 1. The second kappa shape index (κ2) is 10.0. The summed E-state index contributed by atoms with van der Waals surface area (Å²) in [6.07, 6.45) is 13.9. The number of aryl methyl sites for hydroxylation is 1. The van der Waals surface area contributed by atoms with Gasteiger partial charge in [0.15, 0.2) is 0 Å². The average molecular weight is 486 g/mol. The summed E-state index contributed by atoms with van der Waals surface area (Å²) in [4.78, 5) is 14.4. The number of fused-ring (bicyclic) bond motifs is 2. The highest BCUT2D eigenvalue weighted by Gasteiger charge is 2.36. The summed E-state index contributed by atoms with van der Waals surface area (Å²) in [5, 5.41) is 8.16. The summed E-state index contributed by atoms with van der Waals surface area (Å²) in [6, 6.07) is 6.78. The molecule has 8 nitrogen and oxygen atoms in total. The van der Waals surface area contributed by atoms with Crippen LogP contribution in [0.2, 0.25) is 0 Å². The van der Waals surface area contributed by atoms with Crippen molar-refractivity contribution in [1.29, 1.82) is 0 Å². The quantitative estimate of drug-likeness (QED) is 0.472. The van der Waals surface area contributed by atoms with Crippen molar-refractivity contribution in [3.05, 3.63) is 60.3 Å². The Kier molecular flexibility index (Phi) is 6.46. The van der Waals surface area contributed by atoms with Crippen LogP contribution in [0.25, 0.3) is 22.2 Å². The minimum absolute atomic E-state index is 0.511. The van der Waals surface area contributed by atoms with E-state index in [1.165, 1.54) is 5.57 Å². The summed E-state index contributed by atoms with van der Waals surface area (Å²) in [6.45, 7) is 10.3. The second-order valence-corrected chi connectivity index (χ2v) is 10.4. The molecule has 3 aliphatic rings. The number of hydrogen-bond acceptors (Lipinski definition) is 7. The number of nitrogens with zero attached hydrogens (tertiary/aromatic N) is 6. The molecule has 6 heterocycles. The van der Waals surface area contributed by atoms with Crippen molar-refractivity contribution < 1.29 is 4.74 Å². The van der Waals surface area contributed by atoms with Gasteiger partial charge in [0.25, 0.3) is 0 Å². The lowest BCUT2D eigenvalue weighted by Crippen LogP contribution is -2.34. The summed E-state index contributed by atoms with van der Waals surface area (Å²) < 4.78 is 7.56. The lowest BCUT2D eigenvalue weighted by atomic mass is 10.0. The number of pyridine rings is 2. The highest BCUT2D eigenvalue weighted by atomic mass is 16.5. The molecule has 0 bridgehead atoms. The number of aromatic nitrogens is 4. The predicted octanol–water partition coefficient (Wildman–Crippen LogP) is 4.49. The van der Waals surface area contributed by atoms with E-state index in [0.29, 0.717) is 12.0 Å². The van der Waals surface area contributed by atoms with Crippen LogP contribution in [0.3, 0.4) is 0 Å². The van der Waals surface area contributed by atoms with Gasteiger partial charge in [-0.05, 0) is 55.0 Å². The molecule has 1 N–H and O–H groups in total. The van der Waals surface area contributed by atoms with Gasteiger partial charge in [0.05, 0.1) is 30.0 Å². The van der Waals surface area contributed by atoms with E-state index in [0.717, 1.165) is 92.6 Å². The van der Waals surface area contributed by atoms with E-state index in [2.05, 4.69) is 63.5 Å². The zero-order chi connectivity index (χ0) is 24.5.